The number of anilines is 1. The van der Waals surface area contributed by atoms with Crippen LogP contribution < -0.4 is 15.4 Å². The van der Waals surface area contributed by atoms with E-state index in [0.29, 0.717) is 17.3 Å². The van der Waals surface area contributed by atoms with Gasteiger partial charge < -0.3 is 20.1 Å². The van der Waals surface area contributed by atoms with Crippen molar-refractivity contribution in [3.05, 3.63) is 53.6 Å². The molecular weight excluding hydrogens is 346 g/mol. The number of morpholine rings is 1. The molecule has 0 saturated carbocycles. The number of thioether (sulfide) groups is 1. The maximum atomic E-state index is 6.30. The lowest BCUT2D eigenvalue weighted by Gasteiger charge is -2.39. The molecule has 2 aromatic rings. The molecule has 2 N–H and O–H groups in total. The van der Waals surface area contributed by atoms with Gasteiger partial charge in [0.1, 0.15) is 17.0 Å². The number of nitrogens with two attached hydrogens (primary N) is 1. The molecule has 1 spiro atoms. The standard InChI is InChI=1S/C20H19N3O2S/c21-19-22-20(11-26-19)14-4-1-2-6-16(14)25-17-7-3-5-15(18(17)20)23-9-13-8-12(23)10-24-13/h1-7,12-13H,8-11H2,(H2,21,22)/t12-,13-,20?/m1/s1. The van der Waals surface area contributed by atoms with Crippen LogP contribution in [0.2, 0.25) is 0 Å². The maximum Gasteiger partial charge on any atom is 0.155 e. The molecule has 0 radical (unpaired) electrons. The zero-order chi connectivity index (χ0) is 17.3. The minimum atomic E-state index is -0.474. The molecule has 4 heterocycles. The Balaban J connectivity index is 1.60. The van der Waals surface area contributed by atoms with E-state index in [1.54, 1.807) is 11.8 Å². The van der Waals surface area contributed by atoms with Crippen molar-refractivity contribution in [3.63, 3.8) is 0 Å². The lowest BCUT2D eigenvalue weighted by atomic mass is 9.80. The minimum absolute atomic E-state index is 0.343. The Bertz CT molecular complexity index is 946. The van der Waals surface area contributed by atoms with Crippen LogP contribution >= 0.6 is 11.8 Å². The SMILES string of the molecule is NC1=NC2(CS1)c1ccccc1Oc1cccc(N3C[C@H]4C[C@@H]3CO4)c12. The van der Waals surface area contributed by atoms with E-state index < -0.39 is 5.54 Å². The first-order valence-electron chi connectivity index (χ1n) is 9.02. The summed E-state index contributed by atoms with van der Waals surface area (Å²) < 4.78 is 12.1. The van der Waals surface area contributed by atoms with Gasteiger partial charge in [-0.25, -0.2) is 4.99 Å². The van der Waals surface area contributed by atoms with Crippen molar-refractivity contribution in [2.24, 2.45) is 10.7 Å². The van der Waals surface area contributed by atoms with Crippen molar-refractivity contribution in [1.82, 2.24) is 0 Å². The molecule has 2 fully saturated rings. The Morgan fingerprint density at radius 3 is 2.81 bits per heavy atom. The van der Waals surface area contributed by atoms with Gasteiger partial charge in [0.05, 0.1) is 24.3 Å². The Morgan fingerprint density at radius 2 is 2.04 bits per heavy atom. The summed E-state index contributed by atoms with van der Waals surface area (Å²) in [6.45, 7) is 1.74. The summed E-state index contributed by atoms with van der Waals surface area (Å²) in [6.07, 6.45) is 1.45. The quantitative estimate of drug-likeness (QED) is 0.842. The molecule has 26 heavy (non-hydrogen) atoms. The van der Waals surface area contributed by atoms with Gasteiger partial charge in [0.2, 0.25) is 0 Å². The number of benzene rings is 2. The predicted octanol–water partition coefficient (Wildman–Crippen LogP) is 3.07. The summed E-state index contributed by atoms with van der Waals surface area (Å²) in [5.41, 5.74) is 9.15. The zero-order valence-electron chi connectivity index (χ0n) is 14.2. The number of ether oxygens (including phenoxy) is 2. The van der Waals surface area contributed by atoms with Gasteiger partial charge >= 0.3 is 0 Å². The highest BCUT2D eigenvalue weighted by atomic mass is 32.2. The second-order valence-corrected chi connectivity index (χ2v) is 8.34. The van der Waals surface area contributed by atoms with E-state index >= 15 is 0 Å². The van der Waals surface area contributed by atoms with Crippen LogP contribution in [0, 0.1) is 0 Å². The summed E-state index contributed by atoms with van der Waals surface area (Å²) in [5.74, 6) is 2.58. The first-order valence-corrected chi connectivity index (χ1v) is 10.0. The van der Waals surface area contributed by atoms with Crippen LogP contribution in [0.5, 0.6) is 11.5 Å². The van der Waals surface area contributed by atoms with Crippen molar-refractivity contribution in [2.75, 3.05) is 23.8 Å². The van der Waals surface area contributed by atoms with Crippen LogP contribution in [-0.2, 0) is 10.3 Å². The lowest BCUT2D eigenvalue weighted by Crippen LogP contribution is -2.40. The molecule has 0 aliphatic carbocycles. The van der Waals surface area contributed by atoms with Crippen molar-refractivity contribution in [2.45, 2.75) is 24.1 Å². The van der Waals surface area contributed by atoms with E-state index in [1.807, 2.05) is 12.1 Å². The van der Waals surface area contributed by atoms with E-state index in [0.717, 1.165) is 48.0 Å². The number of hydrogen-bond acceptors (Lipinski definition) is 6. The first kappa shape index (κ1) is 14.9. The molecule has 132 valence electrons. The smallest absolute Gasteiger partial charge is 0.155 e. The number of nitrogens with zero attached hydrogens (tertiary/aromatic N) is 2. The molecule has 4 aliphatic rings. The fourth-order valence-corrected chi connectivity index (χ4v) is 5.74. The highest BCUT2D eigenvalue weighted by Gasteiger charge is 2.49. The summed E-state index contributed by atoms with van der Waals surface area (Å²) in [5, 5.41) is 0.647. The summed E-state index contributed by atoms with van der Waals surface area (Å²) >= 11 is 1.63. The Morgan fingerprint density at radius 1 is 1.15 bits per heavy atom. The molecule has 2 bridgehead atoms. The highest BCUT2D eigenvalue weighted by Crippen LogP contribution is 2.56. The molecular formula is C20H19N3O2S. The molecule has 3 atom stereocenters. The van der Waals surface area contributed by atoms with Gasteiger partial charge in [-0.15, -0.1) is 0 Å². The Labute approximate surface area is 156 Å². The summed E-state index contributed by atoms with van der Waals surface area (Å²) in [6, 6.07) is 15.0. The van der Waals surface area contributed by atoms with Gasteiger partial charge in [-0.1, -0.05) is 36.0 Å². The number of rotatable bonds is 1. The molecule has 2 saturated heterocycles. The predicted molar refractivity (Wildman–Crippen MR) is 103 cm³/mol. The van der Waals surface area contributed by atoms with E-state index in [-0.39, 0.29) is 0 Å². The zero-order valence-corrected chi connectivity index (χ0v) is 15.0. The summed E-state index contributed by atoms with van der Waals surface area (Å²) in [7, 11) is 0. The third kappa shape index (κ3) is 1.89. The molecule has 6 rings (SSSR count). The third-order valence-corrected chi connectivity index (χ3v) is 6.86. The number of para-hydroxylation sites is 1. The Hall–Kier alpha value is -2.18. The molecule has 6 heteroatoms. The molecule has 0 amide bonds. The first-order chi connectivity index (χ1) is 12.7. The van der Waals surface area contributed by atoms with Gasteiger partial charge in [-0.3, -0.25) is 0 Å². The monoisotopic (exact) mass is 365 g/mol. The highest BCUT2D eigenvalue weighted by molar-refractivity contribution is 8.14. The van der Waals surface area contributed by atoms with Crippen molar-refractivity contribution >= 4 is 22.6 Å². The fourth-order valence-electron chi connectivity index (χ4n) is 4.80. The van der Waals surface area contributed by atoms with Crippen LogP contribution in [0.1, 0.15) is 17.5 Å². The van der Waals surface area contributed by atoms with Crippen LogP contribution in [0.15, 0.2) is 47.5 Å². The largest absolute Gasteiger partial charge is 0.456 e. The lowest BCUT2D eigenvalue weighted by molar-refractivity contribution is 0.0990. The van der Waals surface area contributed by atoms with Crippen LogP contribution in [0.3, 0.4) is 0 Å². The van der Waals surface area contributed by atoms with Crippen molar-refractivity contribution in [1.29, 1.82) is 0 Å². The van der Waals surface area contributed by atoms with Gasteiger partial charge in [0.25, 0.3) is 0 Å². The number of aliphatic imine (C=N–C) groups is 1. The maximum absolute atomic E-state index is 6.30. The van der Waals surface area contributed by atoms with Crippen molar-refractivity contribution < 1.29 is 9.47 Å². The third-order valence-electron chi connectivity index (χ3n) is 5.91. The van der Waals surface area contributed by atoms with Gasteiger partial charge in [0.15, 0.2) is 5.17 Å². The van der Waals surface area contributed by atoms with E-state index in [2.05, 4.69) is 35.2 Å². The second kappa shape index (κ2) is 5.18. The minimum Gasteiger partial charge on any atom is -0.456 e. The normalized spacial score (nSPS) is 30.9. The average molecular weight is 365 g/mol. The van der Waals surface area contributed by atoms with E-state index in [4.69, 9.17) is 20.2 Å². The second-order valence-electron chi connectivity index (χ2n) is 7.34. The van der Waals surface area contributed by atoms with Crippen molar-refractivity contribution in [3.8, 4) is 11.5 Å². The van der Waals surface area contributed by atoms with Gasteiger partial charge in [-0.2, -0.15) is 0 Å². The molecule has 1 unspecified atom stereocenters. The van der Waals surface area contributed by atoms with E-state index in [9.17, 15) is 0 Å². The number of fused-ring (bicyclic) bond motifs is 6. The Kier molecular flexibility index (Phi) is 2.97. The van der Waals surface area contributed by atoms with Gasteiger partial charge in [-0.05, 0) is 24.6 Å². The molecule has 2 aromatic carbocycles. The molecule has 4 aliphatic heterocycles. The summed E-state index contributed by atoms with van der Waals surface area (Å²) in [4.78, 5) is 7.46. The van der Waals surface area contributed by atoms with Crippen LogP contribution in [-0.4, -0.2) is 36.2 Å². The average Bonchev–Trinajstić information content (AvgIpc) is 3.38. The molecule has 0 aromatic heterocycles. The topological polar surface area (TPSA) is 60.1 Å². The van der Waals surface area contributed by atoms with Crippen LogP contribution in [0.25, 0.3) is 0 Å². The van der Waals surface area contributed by atoms with E-state index in [1.165, 1.54) is 5.69 Å². The van der Waals surface area contributed by atoms with Gasteiger partial charge in [0, 0.05) is 23.5 Å². The van der Waals surface area contributed by atoms with Crippen LogP contribution in [0.4, 0.5) is 5.69 Å². The number of amidine groups is 1. The molecule has 5 nitrogen and oxygen atoms in total. The fraction of sp³-hybridized carbons (Fsp3) is 0.350. The number of hydrogen-bond donors (Lipinski definition) is 1.